The second-order valence-corrected chi connectivity index (χ2v) is 6.23. The zero-order chi connectivity index (χ0) is 14.8. The molecule has 7 heteroatoms. The van der Waals surface area contributed by atoms with Gasteiger partial charge in [0.15, 0.2) is 21.7 Å². The van der Waals surface area contributed by atoms with Crippen LogP contribution in [0.4, 0.5) is 5.69 Å². The number of halogens is 1. The first-order chi connectivity index (χ1) is 10.1. The molecule has 0 saturated heterocycles. The number of rotatable bonds is 4. The van der Waals surface area contributed by atoms with Gasteiger partial charge in [-0.15, -0.1) is 11.3 Å². The lowest BCUT2D eigenvalue weighted by molar-refractivity contribution is 0.101. The van der Waals surface area contributed by atoms with Crippen molar-refractivity contribution in [2.45, 2.75) is 13.5 Å². The number of carbonyl (C=O) groups excluding carboxylic acids is 1. The summed E-state index contributed by atoms with van der Waals surface area (Å²) in [6.45, 7) is 3.08. The van der Waals surface area contributed by atoms with Gasteiger partial charge in [0.2, 0.25) is 0 Å². The van der Waals surface area contributed by atoms with Crippen molar-refractivity contribution >= 4 is 34.4 Å². The summed E-state index contributed by atoms with van der Waals surface area (Å²) in [5, 5.41) is 3.23. The number of Topliss-reactive ketones (excluding diaryl/α,β-unsaturated/α-hetero) is 1. The van der Waals surface area contributed by atoms with Crippen LogP contribution in [-0.2, 0) is 6.54 Å². The van der Waals surface area contributed by atoms with Crippen LogP contribution in [0.2, 0.25) is 4.47 Å². The first-order valence-corrected chi connectivity index (χ1v) is 7.61. The third-order valence-electron chi connectivity index (χ3n) is 3.04. The van der Waals surface area contributed by atoms with E-state index in [1.807, 2.05) is 0 Å². The summed E-state index contributed by atoms with van der Waals surface area (Å²) in [7, 11) is 0. The van der Waals surface area contributed by atoms with E-state index < -0.39 is 0 Å². The monoisotopic (exact) mass is 324 g/mol. The lowest BCUT2D eigenvalue weighted by Crippen LogP contribution is -2.16. The number of benzene rings is 1. The number of ketones is 1. The number of ether oxygens (including phenoxy) is 2. The largest absolute Gasteiger partial charge is 0.486 e. The molecule has 3 rings (SSSR count). The number of nitrogens with zero attached hydrogens (tertiary/aromatic N) is 1. The Morgan fingerprint density at radius 1 is 1.38 bits per heavy atom. The molecule has 1 aromatic heterocycles. The maximum absolute atomic E-state index is 11.8. The average Bonchev–Trinajstić information content (AvgIpc) is 2.89. The van der Waals surface area contributed by atoms with Gasteiger partial charge < -0.3 is 14.8 Å². The van der Waals surface area contributed by atoms with Gasteiger partial charge in [-0.2, -0.15) is 0 Å². The summed E-state index contributed by atoms with van der Waals surface area (Å²) in [6, 6.07) is 3.52. The fraction of sp³-hybridized carbons (Fsp3) is 0.286. The van der Waals surface area contributed by atoms with Crippen LogP contribution in [0, 0.1) is 0 Å². The molecule has 1 aromatic carbocycles. The smallest absolute Gasteiger partial charge is 0.183 e. The molecule has 0 bridgehead atoms. The normalized spacial score (nSPS) is 13.0. The van der Waals surface area contributed by atoms with Crippen molar-refractivity contribution in [2.75, 3.05) is 18.5 Å². The Morgan fingerprint density at radius 2 is 2.10 bits per heavy atom. The maximum Gasteiger partial charge on any atom is 0.183 e. The van der Waals surface area contributed by atoms with Crippen LogP contribution in [0.15, 0.2) is 18.3 Å². The van der Waals surface area contributed by atoms with Gasteiger partial charge >= 0.3 is 0 Å². The number of fused-ring (bicyclic) bond motifs is 1. The molecule has 5 nitrogen and oxygen atoms in total. The fourth-order valence-electron chi connectivity index (χ4n) is 2.07. The van der Waals surface area contributed by atoms with E-state index in [1.165, 1.54) is 18.3 Å². The first-order valence-electron chi connectivity index (χ1n) is 6.42. The Hall–Kier alpha value is -1.79. The molecule has 21 heavy (non-hydrogen) atoms. The second-order valence-electron chi connectivity index (χ2n) is 4.53. The van der Waals surface area contributed by atoms with Gasteiger partial charge in [0.1, 0.15) is 13.2 Å². The number of anilines is 1. The highest BCUT2D eigenvalue weighted by molar-refractivity contribution is 7.15. The molecule has 2 heterocycles. The zero-order valence-electron chi connectivity index (χ0n) is 11.3. The van der Waals surface area contributed by atoms with Crippen molar-refractivity contribution in [3.8, 4) is 11.5 Å². The molecule has 1 N–H and O–H groups in total. The highest BCUT2D eigenvalue weighted by Gasteiger charge is 2.18. The number of hydrogen-bond acceptors (Lipinski definition) is 6. The van der Waals surface area contributed by atoms with Crippen LogP contribution >= 0.6 is 22.9 Å². The van der Waals surface area contributed by atoms with Crippen molar-refractivity contribution in [1.29, 1.82) is 0 Å². The van der Waals surface area contributed by atoms with Gasteiger partial charge in [0.25, 0.3) is 0 Å². The molecule has 0 fully saturated rings. The molecular formula is C14H13ClN2O3S. The standard InChI is InChI=1S/C14H13ClN2O3S/c1-8(18)10-4-12-13(20-3-2-19-12)5-11(10)16-6-9-7-17-14(15)21-9/h4-5,7,16H,2-3,6H2,1H3. The number of nitrogens with one attached hydrogen (secondary N) is 1. The minimum atomic E-state index is -0.0307. The van der Waals surface area contributed by atoms with Crippen molar-refractivity contribution in [1.82, 2.24) is 4.98 Å². The molecule has 1 aliphatic rings. The summed E-state index contributed by atoms with van der Waals surface area (Å²) in [4.78, 5) is 16.8. The highest BCUT2D eigenvalue weighted by Crippen LogP contribution is 2.36. The second kappa shape index (κ2) is 5.91. The molecule has 1 aliphatic heterocycles. The van der Waals surface area contributed by atoms with Crippen LogP contribution < -0.4 is 14.8 Å². The lowest BCUT2D eigenvalue weighted by atomic mass is 10.1. The van der Waals surface area contributed by atoms with E-state index in [0.717, 1.165) is 10.6 Å². The Bertz CT molecular complexity index is 687. The van der Waals surface area contributed by atoms with Crippen molar-refractivity contribution < 1.29 is 14.3 Å². The van der Waals surface area contributed by atoms with Gasteiger partial charge in [0.05, 0.1) is 6.54 Å². The van der Waals surface area contributed by atoms with Crippen LogP contribution in [0.1, 0.15) is 22.2 Å². The van der Waals surface area contributed by atoms with Gasteiger partial charge in [-0.05, 0) is 13.0 Å². The van der Waals surface area contributed by atoms with E-state index in [9.17, 15) is 4.79 Å². The molecule has 0 aliphatic carbocycles. The Morgan fingerprint density at radius 3 is 2.71 bits per heavy atom. The fourth-order valence-corrected chi connectivity index (χ4v) is 2.99. The molecule has 2 aromatic rings. The van der Waals surface area contributed by atoms with E-state index in [-0.39, 0.29) is 5.78 Å². The quantitative estimate of drug-likeness (QED) is 0.874. The van der Waals surface area contributed by atoms with Gasteiger partial charge in [0, 0.05) is 28.4 Å². The Balaban J connectivity index is 1.87. The summed E-state index contributed by atoms with van der Waals surface area (Å²) < 4.78 is 11.6. The molecule has 0 atom stereocenters. The van der Waals surface area contributed by atoms with E-state index in [2.05, 4.69) is 10.3 Å². The Kier molecular flexibility index (Phi) is 3.98. The summed E-state index contributed by atoms with van der Waals surface area (Å²) in [5.41, 5.74) is 1.30. The van der Waals surface area contributed by atoms with Gasteiger partial charge in [-0.1, -0.05) is 11.6 Å². The predicted molar refractivity (Wildman–Crippen MR) is 81.9 cm³/mol. The summed E-state index contributed by atoms with van der Waals surface area (Å²) in [6.07, 6.45) is 1.71. The topological polar surface area (TPSA) is 60.5 Å². The van der Waals surface area contributed by atoms with Gasteiger partial charge in [-0.3, -0.25) is 4.79 Å². The van der Waals surface area contributed by atoms with E-state index >= 15 is 0 Å². The minimum Gasteiger partial charge on any atom is -0.486 e. The molecule has 0 radical (unpaired) electrons. The van der Waals surface area contributed by atoms with Crippen molar-refractivity contribution in [3.63, 3.8) is 0 Å². The third-order valence-corrected chi connectivity index (χ3v) is 4.15. The SMILES string of the molecule is CC(=O)c1cc2c(cc1NCc1cnc(Cl)s1)OCCO2. The summed E-state index contributed by atoms with van der Waals surface area (Å²) in [5.74, 6) is 1.23. The Labute approximate surface area is 130 Å². The number of thiazole rings is 1. The molecule has 0 saturated carbocycles. The van der Waals surface area contributed by atoms with Crippen LogP contribution in [0.25, 0.3) is 0 Å². The molecule has 110 valence electrons. The number of aromatic nitrogens is 1. The first kappa shape index (κ1) is 14.2. The minimum absolute atomic E-state index is 0.0307. The van der Waals surface area contributed by atoms with E-state index in [0.29, 0.717) is 41.3 Å². The van der Waals surface area contributed by atoms with Crippen LogP contribution in [-0.4, -0.2) is 24.0 Å². The highest BCUT2D eigenvalue weighted by atomic mass is 35.5. The van der Waals surface area contributed by atoms with Crippen molar-refractivity contribution in [2.24, 2.45) is 0 Å². The molecular weight excluding hydrogens is 312 g/mol. The predicted octanol–water partition coefficient (Wildman–Crippen LogP) is 3.38. The van der Waals surface area contributed by atoms with Crippen LogP contribution in [0.3, 0.4) is 0 Å². The zero-order valence-corrected chi connectivity index (χ0v) is 12.9. The maximum atomic E-state index is 11.8. The molecule has 0 amide bonds. The van der Waals surface area contributed by atoms with Gasteiger partial charge in [-0.25, -0.2) is 4.98 Å². The lowest BCUT2D eigenvalue weighted by Gasteiger charge is -2.21. The third kappa shape index (κ3) is 3.11. The molecule has 0 spiro atoms. The summed E-state index contributed by atoms with van der Waals surface area (Å²) >= 11 is 7.21. The van der Waals surface area contributed by atoms with E-state index in [1.54, 1.807) is 18.3 Å². The molecule has 0 unspecified atom stereocenters. The van der Waals surface area contributed by atoms with Crippen LogP contribution in [0.5, 0.6) is 11.5 Å². The van der Waals surface area contributed by atoms with E-state index in [4.69, 9.17) is 21.1 Å². The average molecular weight is 325 g/mol. The number of hydrogen-bond donors (Lipinski definition) is 1. The van der Waals surface area contributed by atoms with Crippen molar-refractivity contribution in [3.05, 3.63) is 33.2 Å². The number of carbonyl (C=O) groups is 1.